The second-order valence-electron chi connectivity index (χ2n) is 4.75. The molecule has 2 heterocycles. The van der Waals surface area contributed by atoms with Gasteiger partial charge in [-0.25, -0.2) is 14.8 Å². The predicted molar refractivity (Wildman–Crippen MR) is 82.0 cm³/mol. The molecule has 7 heteroatoms. The second kappa shape index (κ2) is 6.15. The van der Waals surface area contributed by atoms with Gasteiger partial charge in [-0.2, -0.15) is 0 Å². The summed E-state index contributed by atoms with van der Waals surface area (Å²) >= 11 is 0. The van der Waals surface area contributed by atoms with Crippen LogP contribution in [0.2, 0.25) is 0 Å². The van der Waals surface area contributed by atoms with Gasteiger partial charge in [0.25, 0.3) is 0 Å². The Morgan fingerprint density at radius 1 is 1.17 bits per heavy atom. The highest BCUT2D eigenvalue weighted by molar-refractivity contribution is 6.05. The molecule has 0 radical (unpaired) electrons. The van der Waals surface area contributed by atoms with Crippen molar-refractivity contribution >= 4 is 17.6 Å². The summed E-state index contributed by atoms with van der Waals surface area (Å²) in [7, 11) is 0. The van der Waals surface area contributed by atoms with E-state index in [2.05, 4.69) is 21.2 Å². The molecule has 23 heavy (non-hydrogen) atoms. The first-order valence-electron chi connectivity index (χ1n) is 6.83. The standard InChI is InChI=1S/C16H12N4O3/c1-2-11-3-5-13(6-4-11)23-15-17-9-12(10-18-15)20-8-7-14(21)19-16(20)22/h1,3-6,9-10H,7-8H2,(H,19,21,22). The number of carbonyl (C=O) groups is 2. The van der Waals surface area contributed by atoms with Crippen molar-refractivity contribution in [1.29, 1.82) is 0 Å². The van der Waals surface area contributed by atoms with Crippen molar-refractivity contribution in [3.05, 3.63) is 42.2 Å². The van der Waals surface area contributed by atoms with E-state index in [4.69, 9.17) is 11.2 Å². The first-order valence-corrected chi connectivity index (χ1v) is 6.83. The molecular formula is C16H12N4O3. The molecule has 2 aromatic rings. The summed E-state index contributed by atoms with van der Waals surface area (Å²) in [5.74, 6) is 2.78. The van der Waals surface area contributed by atoms with E-state index in [1.54, 1.807) is 24.3 Å². The van der Waals surface area contributed by atoms with Gasteiger partial charge in [0.1, 0.15) is 5.75 Å². The molecule has 114 valence electrons. The maximum Gasteiger partial charge on any atom is 0.328 e. The molecular weight excluding hydrogens is 296 g/mol. The maximum absolute atomic E-state index is 11.7. The predicted octanol–water partition coefficient (Wildman–Crippen LogP) is 1.70. The van der Waals surface area contributed by atoms with Gasteiger partial charge in [0.2, 0.25) is 5.91 Å². The van der Waals surface area contributed by atoms with E-state index in [0.29, 0.717) is 18.0 Å². The Morgan fingerprint density at radius 3 is 2.48 bits per heavy atom. The molecule has 1 aliphatic rings. The molecule has 0 spiro atoms. The van der Waals surface area contributed by atoms with E-state index in [1.807, 2.05) is 0 Å². The van der Waals surface area contributed by atoms with Crippen molar-refractivity contribution in [2.24, 2.45) is 0 Å². The van der Waals surface area contributed by atoms with Crippen LogP contribution in [-0.4, -0.2) is 28.5 Å². The van der Waals surface area contributed by atoms with Crippen LogP contribution in [0.25, 0.3) is 0 Å². The van der Waals surface area contributed by atoms with Gasteiger partial charge < -0.3 is 4.74 Å². The number of hydrogen-bond donors (Lipinski definition) is 1. The SMILES string of the molecule is C#Cc1ccc(Oc2ncc(N3CCC(=O)NC3=O)cn2)cc1. The van der Waals surface area contributed by atoms with Crippen molar-refractivity contribution in [3.8, 4) is 24.1 Å². The Bertz CT molecular complexity index is 778. The van der Waals surface area contributed by atoms with E-state index < -0.39 is 6.03 Å². The van der Waals surface area contributed by atoms with E-state index in [9.17, 15) is 9.59 Å². The number of urea groups is 1. The summed E-state index contributed by atoms with van der Waals surface area (Å²) in [6.07, 6.45) is 8.46. The highest BCUT2D eigenvalue weighted by Crippen LogP contribution is 2.20. The fourth-order valence-electron chi connectivity index (χ4n) is 2.04. The number of imide groups is 1. The molecule has 0 aliphatic carbocycles. The Labute approximate surface area is 132 Å². The van der Waals surface area contributed by atoms with Gasteiger partial charge in [-0.3, -0.25) is 15.0 Å². The van der Waals surface area contributed by atoms with Crippen LogP contribution in [0.5, 0.6) is 11.8 Å². The van der Waals surface area contributed by atoms with Crippen LogP contribution >= 0.6 is 0 Å². The lowest BCUT2D eigenvalue weighted by molar-refractivity contribution is -0.120. The second-order valence-corrected chi connectivity index (χ2v) is 4.75. The smallest absolute Gasteiger partial charge is 0.328 e. The highest BCUT2D eigenvalue weighted by Gasteiger charge is 2.24. The zero-order valence-corrected chi connectivity index (χ0v) is 12.0. The molecule has 3 amide bonds. The van der Waals surface area contributed by atoms with Crippen LogP contribution in [0.4, 0.5) is 10.5 Å². The van der Waals surface area contributed by atoms with Crippen molar-refractivity contribution in [2.45, 2.75) is 6.42 Å². The number of carbonyl (C=O) groups excluding carboxylic acids is 2. The number of ether oxygens (including phenoxy) is 1. The van der Waals surface area contributed by atoms with Gasteiger partial charge in [0.15, 0.2) is 0 Å². The lowest BCUT2D eigenvalue weighted by Crippen LogP contribution is -2.49. The van der Waals surface area contributed by atoms with Gasteiger partial charge in [-0.1, -0.05) is 5.92 Å². The number of nitrogens with zero attached hydrogens (tertiary/aromatic N) is 3. The Balaban J connectivity index is 1.70. The van der Waals surface area contributed by atoms with Crippen LogP contribution in [0.15, 0.2) is 36.7 Å². The molecule has 1 aliphatic heterocycles. The average Bonchev–Trinajstić information content (AvgIpc) is 2.57. The van der Waals surface area contributed by atoms with Gasteiger partial charge >= 0.3 is 12.0 Å². The number of amides is 3. The molecule has 1 N–H and O–H groups in total. The van der Waals surface area contributed by atoms with E-state index >= 15 is 0 Å². The minimum atomic E-state index is -0.483. The van der Waals surface area contributed by atoms with Crippen molar-refractivity contribution in [1.82, 2.24) is 15.3 Å². The molecule has 3 rings (SSSR count). The molecule has 0 unspecified atom stereocenters. The molecule has 1 aromatic carbocycles. The minimum Gasteiger partial charge on any atom is -0.424 e. The van der Waals surface area contributed by atoms with Gasteiger partial charge in [-0.05, 0) is 24.3 Å². The number of benzene rings is 1. The number of nitrogens with one attached hydrogen (secondary N) is 1. The fraction of sp³-hybridized carbons (Fsp3) is 0.125. The largest absolute Gasteiger partial charge is 0.424 e. The summed E-state index contributed by atoms with van der Waals surface area (Å²) in [5, 5.41) is 2.24. The summed E-state index contributed by atoms with van der Waals surface area (Å²) in [5.41, 5.74) is 1.24. The van der Waals surface area contributed by atoms with E-state index in [0.717, 1.165) is 5.56 Å². The lowest BCUT2D eigenvalue weighted by atomic mass is 10.2. The Kier molecular flexibility index (Phi) is 3.89. The normalized spacial score (nSPS) is 14.1. The third-order valence-corrected chi connectivity index (χ3v) is 3.21. The fourth-order valence-corrected chi connectivity index (χ4v) is 2.04. The maximum atomic E-state index is 11.7. The Hall–Kier alpha value is -3.40. The Morgan fingerprint density at radius 2 is 1.87 bits per heavy atom. The lowest BCUT2D eigenvalue weighted by Gasteiger charge is -2.25. The number of aromatic nitrogens is 2. The third kappa shape index (κ3) is 3.27. The highest BCUT2D eigenvalue weighted by atomic mass is 16.5. The van der Waals surface area contributed by atoms with Crippen molar-refractivity contribution in [2.75, 3.05) is 11.4 Å². The number of hydrogen-bond acceptors (Lipinski definition) is 5. The quantitative estimate of drug-likeness (QED) is 0.872. The summed E-state index contributed by atoms with van der Waals surface area (Å²) in [4.78, 5) is 32.4. The van der Waals surface area contributed by atoms with Gasteiger partial charge in [-0.15, -0.1) is 6.42 Å². The van der Waals surface area contributed by atoms with Crippen molar-refractivity contribution < 1.29 is 14.3 Å². The van der Waals surface area contributed by atoms with Crippen LogP contribution < -0.4 is 15.0 Å². The summed E-state index contributed by atoms with van der Waals surface area (Å²) < 4.78 is 5.50. The van der Waals surface area contributed by atoms with Gasteiger partial charge in [0.05, 0.1) is 18.1 Å². The zero-order valence-electron chi connectivity index (χ0n) is 12.0. The van der Waals surface area contributed by atoms with E-state index in [-0.39, 0.29) is 18.3 Å². The zero-order chi connectivity index (χ0) is 16.2. The van der Waals surface area contributed by atoms with Crippen LogP contribution in [-0.2, 0) is 4.79 Å². The average molecular weight is 308 g/mol. The molecule has 1 fully saturated rings. The molecule has 7 nitrogen and oxygen atoms in total. The van der Waals surface area contributed by atoms with Crippen molar-refractivity contribution in [3.63, 3.8) is 0 Å². The van der Waals surface area contributed by atoms with Crippen LogP contribution in [0, 0.1) is 12.3 Å². The first kappa shape index (κ1) is 14.5. The van der Waals surface area contributed by atoms with E-state index in [1.165, 1.54) is 17.3 Å². The molecule has 0 atom stereocenters. The minimum absolute atomic E-state index is 0.149. The summed E-state index contributed by atoms with van der Waals surface area (Å²) in [6.45, 7) is 0.293. The molecule has 1 saturated heterocycles. The monoisotopic (exact) mass is 308 g/mol. The molecule has 0 bridgehead atoms. The molecule has 1 aromatic heterocycles. The number of rotatable bonds is 3. The molecule has 0 saturated carbocycles. The van der Waals surface area contributed by atoms with Gasteiger partial charge in [0, 0.05) is 18.5 Å². The van der Waals surface area contributed by atoms with Crippen LogP contribution in [0.1, 0.15) is 12.0 Å². The first-order chi connectivity index (χ1) is 11.2. The topological polar surface area (TPSA) is 84.4 Å². The third-order valence-electron chi connectivity index (χ3n) is 3.21. The number of anilines is 1. The number of terminal acetylenes is 1. The van der Waals surface area contributed by atoms with Crippen LogP contribution in [0.3, 0.4) is 0 Å². The summed E-state index contributed by atoms with van der Waals surface area (Å²) in [6, 6.07) is 6.60.